The summed E-state index contributed by atoms with van der Waals surface area (Å²) in [6.45, 7) is 3.68. The Morgan fingerprint density at radius 2 is 0.745 bits per heavy atom. The summed E-state index contributed by atoms with van der Waals surface area (Å²) in [5.74, 6) is -4.71. The second kappa shape index (κ2) is 24.1. The molecule has 0 spiro atoms. The summed E-state index contributed by atoms with van der Waals surface area (Å²) < 4.78 is 15.4. The third kappa shape index (κ3) is 19.1. The molecule has 3 unspecified atom stereocenters. The van der Waals surface area contributed by atoms with E-state index in [1.54, 1.807) is 20.8 Å². The van der Waals surface area contributed by atoms with Crippen LogP contribution >= 0.6 is 0 Å². The molecule has 288 valence electrons. The molecule has 6 N–H and O–H groups in total. The average Bonchev–Trinajstić information content (AvgIpc) is 3.06. The van der Waals surface area contributed by atoms with Crippen LogP contribution in [0.1, 0.15) is 78.6 Å². The predicted octanol–water partition coefficient (Wildman–Crippen LogP) is 0.941. The number of hydrogen-bond donors (Lipinski definition) is 3. The van der Waals surface area contributed by atoms with Crippen molar-refractivity contribution in [3.05, 3.63) is 50.6 Å². The molecule has 1 rings (SSSR count). The minimum Gasteiger partial charge on any atom is -0.756 e. The molecule has 0 radical (unpaired) electrons. The Morgan fingerprint density at radius 3 is 0.980 bits per heavy atom. The zero-order chi connectivity index (χ0) is 38.5. The van der Waals surface area contributed by atoms with E-state index < -0.39 is 53.8 Å². The van der Waals surface area contributed by atoms with E-state index in [2.05, 4.69) is 0 Å². The Hall–Kier alpha value is -4.20. The maximum atomic E-state index is 12.3. The van der Waals surface area contributed by atoms with E-state index in [4.69, 9.17) is 31.4 Å². The summed E-state index contributed by atoms with van der Waals surface area (Å²) in [7, 11) is 0. The smallest absolute Gasteiger partial charge is 0.322 e. The van der Waals surface area contributed by atoms with E-state index in [0.29, 0.717) is 16.7 Å². The predicted molar refractivity (Wildman–Crippen MR) is 185 cm³/mol. The highest BCUT2D eigenvalue weighted by molar-refractivity contribution is 5.89. The van der Waals surface area contributed by atoms with Crippen molar-refractivity contribution in [2.24, 2.45) is 17.2 Å². The van der Waals surface area contributed by atoms with Crippen LogP contribution in [0.25, 0.3) is 0 Å². The second-order valence-corrected chi connectivity index (χ2v) is 12.3. The highest BCUT2D eigenvalue weighted by Crippen LogP contribution is 2.10. The fraction of sp³-hybridized carbons (Fsp3) is 0.636. The fourth-order valence-corrected chi connectivity index (χ4v) is 4.37. The standard InChI is InChI=1S/C33H51N6O12/c1-22-10-16-49-31(43)25(34)8-5-14-38(47)29(41)20-24(3)12-18-51-33(45)27(36)9-6-15-39(48)30(42)21-23(2)11-17-50-32(44)26(35)7-4-13-37(46)28(40)19-22/h19-21,25-27H,4-18,34-36H2,1-3H3/q-3. The SMILES string of the molecule is CC1=CC(=O)N([O-])CCCC(N)C(=O)OCCC(C)=CC(=O)N([O-])CCCC(N)C(=O)OCCC(C)=CC(=O)N([O-])CCCC(N)C(=O)OCC1. The van der Waals surface area contributed by atoms with Crippen LogP contribution in [0.5, 0.6) is 0 Å². The Morgan fingerprint density at radius 1 is 0.510 bits per heavy atom. The van der Waals surface area contributed by atoms with Crippen molar-refractivity contribution in [1.82, 2.24) is 15.2 Å². The van der Waals surface area contributed by atoms with Crippen molar-refractivity contribution < 1.29 is 43.0 Å². The van der Waals surface area contributed by atoms with Gasteiger partial charge < -0.3 is 62.2 Å². The van der Waals surface area contributed by atoms with Gasteiger partial charge in [-0.3, -0.25) is 28.8 Å². The summed E-state index contributed by atoms with van der Waals surface area (Å²) >= 11 is 0. The van der Waals surface area contributed by atoms with Crippen molar-refractivity contribution >= 4 is 35.6 Å². The van der Waals surface area contributed by atoms with Gasteiger partial charge >= 0.3 is 17.9 Å². The first-order chi connectivity index (χ1) is 24.0. The molecule has 1 aliphatic rings. The lowest BCUT2D eigenvalue weighted by atomic mass is 10.1. The van der Waals surface area contributed by atoms with Crippen molar-refractivity contribution in [3.8, 4) is 0 Å². The van der Waals surface area contributed by atoms with Crippen LogP contribution in [-0.2, 0) is 43.0 Å². The van der Waals surface area contributed by atoms with Gasteiger partial charge in [-0.05, 0) is 59.3 Å². The van der Waals surface area contributed by atoms with Crippen LogP contribution in [0.4, 0.5) is 0 Å². The highest BCUT2D eigenvalue weighted by Gasteiger charge is 2.18. The molecule has 0 saturated heterocycles. The van der Waals surface area contributed by atoms with Crippen LogP contribution in [0.2, 0.25) is 0 Å². The van der Waals surface area contributed by atoms with Gasteiger partial charge in [-0.25, -0.2) is 0 Å². The van der Waals surface area contributed by atoms with Gasteiger partial charge in [0.15, 0.2) is 0 Å². The number of hydrogen-bond acceptors (Lipinski definition) is 15. The van der Waals surface area contributed by atoms with Gasteiger partial charge in [0.25, 0.3) is 0 Å². The number of carbonyl (C=O) groups is 6. The number of carbonyl (C=O) groups excluding carboxylic acids is 6. The summed E-state index contributed by atoms with van der Waals surface area (Å²) in [4.78, 5) is 73.4. The van der Waals surface area contributed by atoms with Crippen LogP contribution in [0, 0.1) is 15.6 Å². The number of esters is 3. The number of rotatable bonds is 0. The van der Waals surface area contributed by atoms with Gasteiger partial charge in [0.1, 0.15) is 18.1 Å². The van der Waals surface area contributed by atoms with Gasteiger partial charge in [-0.15, -0.1) is 0 Å². The first-order valence-electron chi connectivity index (χ1n) is 16.8. The Kier molecular flexibility index (Phi) is 21.2. The summed E-state index contributed by atoms with van der Waals surface area (Å²) in [6.07, 6.45) is 4.27. The molecule has 18 nitrogen and oxygen atoms in total. The van der Waals surface area contributed by atoms with Gasteiger partial charge in [-0.1, -0.05) is 16.7 Å². The summed E-state index contributed by atoms with van der Waals surface area (Å²) in [5, 5.41) is 37.2. The fourth-order valence-electron chi connectivity index (χ4n) is 4.37. The van der Waals surface area contributed by atoms with Crippen molar-refractivity contribution in [2.45, 2.75) is 96.7 Å². The molecular weight excluding hydrogens is 672 g/mol. The molecule has 1 aliphatic heterocycles. The van der Waals surface area contributed by atoms with Gasteiger partial charge in [0.05, 0.1) is 19.8 Å². The zero-order valence-electron chi connectivity index (χ0n) is 29.5. The van der Waals surface area contributed by atoms with Gasteiger partial charge in [0.2, 0.25) is 17.7 Å². The molecule has 3 amide bonds. The average molecular weight is 724 g/mol. The van der Waals surface area contributed by atoms with E-state index in [1.165, 1.54) is 0 Å². The maximum Gasteiger partial charge on any atom is 0.322 e. The first kappa shape index (κ1) is 44.8. The molecule has 0 aromatic rings. The topological polar surface area (TPSA) is 287 Å². The number of hydroxylamine groups is 6. The zero-order valence-corrected chi connectivity index (χ0v) is 29.5. The normalized spacial score (nSPS) is 24.5. The molecule has 51 heavy (non-hydrogen) atoms. The van der Waals surface area contributed by atoms with E-state index in [1.807, 2.05) is 0 Å². The molecular formula is C33H51N6O12-3. The van der Waals surface area contributed by atoms with Crippen LogP contribution in [0.3, 0.4) is 0 Å². The highest BCUT2D eigenvalue weighted by atomic mass is 16.5. The summed E-state index contributed by atoms with van der Waals surface area (Å²) in [6, 6.07) is -3.17. The largest absolute Gasteiger partial charge is 0.756 e. The maximum absolute atomic E-state index is 12.3. The molecule has 0 aromatic heterocycles. The lowest BCUT2D eigenvalue weighted by molar-refractivity contribution is -0.146. The molecule has 1 heterocycles. The Labute approximate surface area is 297 Å². The van der Waals surface area contributed by atoms with Gasteiger partial charge in [0, 0.05) is 57.1 Å². The van der Waals surface area contributed by atoms with Gasteiger partial charge in [-0.2, -0.15) is 0 Å². The molecule has 18 heteroatoms. The van der Waals surface area contributed by atoms with Crippen molar-refractivity contribution in [3.63, 3.8) is 0 Å². The summed E-state index contributed by atoms with van der Waals surface area (Å²) in [5.41, 5.74) is 18.9. The van der Waals surface area contributed by atoms with E-state index in [9.17, 15) is 44.4 Å². The number of nitrogens with zero attached hydrogens (tertiary/aromatic N) is 3. The molecule has 0 aliphatic carbocycles. The Balaban J connectivity index is 2.85. The Bertz CT molecular complexity index is 1130. The molecule has 0 aromatic carbocycles. The van der Waals surface area contributed by atoms with Crippen molar-refractivity contribution in [1.29, 1.82) is 0 Å². The lowest BCUT2D eigenvalue weighted by Gasteiger charge is -2.27. The van der Waals surface area contributed by atoms with E-state index >= 15 is 0 Å². The number of cyclic esters (lactones) is 3. The number of amides is 3. The number of ether oxygens (including phenoxy) is 3. The monoisotopic (exact) mass is 723 g/mol. The van der Waals surface area contributed by atoms with Crippen LogP contribution < -0.4 is 17.2 Å². The van der Waals surface area contributed by atoms with Crippen LogP contribution in [-0.4, -0.2) is 108 Å². The molecule has 0 fully saturated rings. The minimum atomic E-state index is -1.06. The third-order valence-electron chi connectivity index (χ3n) is 7.61. The quantitative estimate of drug-likeness (QED) is 0.231. The molecule has 3 atom stereocenters. The second-order valence-electron chi connectivity index (χ2n) is 12.3. The number of nitrogens with two attached hydrogens (primary N) is 3. The minimum absolute atomic E-state index is 0.0590. The first-order valence-corrected chi connectivity index (χ1v) is 16.8. The van der Waals surface area contributed by atoms with E-state index in [0.717, 1.165) is 18.2 Å². The van der Waals surface area contributed by atoms with E-state index in [-0.39, 0.29) is 112 Å². The molecule has 0 bridgehead atoms. The van der Waals surface area contributed by atoms with Crippen LogP contribution in [0.15, 0.2) is 34.9 Å². The molecule has 0 saturated carbocycles. The lowest BCUT2D eigenvalue weighted by Crippen LogP contribution is -2.34. The van der Waals surface area contributed by atoms with Crippen molar-refractivity contribution in [2.75, 3.05) is 39.5 Å². The third-order valence-corrected chi connectivity index (χ3v) is 7.61.